The molecule has 0 saturated heterocycles. The van der Waals surface area contributed by atoms with Gasteiger partial charge in [0.25, 0.3) is 5.91 Å². The summed E-state index contributed by atoms with van der Waals surface area (Å²) in [5.74, 6) is 1.30. The Labute approximate surface area is 100 Å². The molecule has 16 heavy (non-hydrogen) atoms. The third kappa shape index (κ3) is 2.24. The topological polar surface area (TPSA) is 33.5 Å². The van der Waals surface area contributed by atoms with Crippen molar-refractivity contribution in [2.75, 3.05) is 12.4 Å². The molecule has 1 aliphatic rings. The van der Waals surface area contributed by atoms with Crippen molar-refractivity contribution in [2.45, 2.75) is 32.2 Å². The molecule has 0 spiro atoms. The number of nitrogens with zero attached hydrogens (tertiary/aromatic N) is 1. The van der Waals surface area contributed by atoms with E-state index >= 15 is 0 Å². The molecule has 1 fully saturated rings. The van der Waals surface area contributed by atoms with Gasteiger partial charge in [-0.2, -0.15) is 0 Å². The summed E-state index contributed by atoms with van der Waals surface area (Å²) in [6.07, 6.45) is 4.93. The largest absolute Gasteiger partial charge is 0.469 e. The lowest BCUT2D eigenvalue weighted by Gasteiger charge is -2.37. The maximum absolute atomic E-state index is 12.2. The fourth-order valence-corrected chi connectivity index (χ4v) is 2.14. The van der Waals surface area contributed by atoms with E-state index in [1.165, 1.54) is 12.7 Å². The zero-order valence-electron chi connectivity index (χ0n) is 9.41. The molecular weight excluding hydrogens is 226 g/mol. The molecule has 88 valence electrons. The van der Waals surface area contributed by atoms with Crippen molar-refractivity contribution in [1.82, 2.24) is 4.90 Å². The lowest BCUT2D eigenvalue weighted by molar-refractivity contribution is 0.0597. The van der Waals surface area contributed by atoms with E-state index in [1.807, 2.05) is 11.8 Å². The minimum Gasteiger partial charge on any atom is -0.469 e. The normalized spacial score (nSPS) is 15.9. The molecule has 3 nitrogen and oxygen atoms in total. The molecule has 1 saturated carbocycles. The van der Waals surface area contributed by atoms with Gasteiger partial charge in [0.1, 0.15) is 12.0 Å². The Morgan fingerprint density at radius 1 is 1.62 bits per heavy atom. The molecular formula is C12H16ClNO2. The molecule has 1 aromatic heterocycles. The number of carbonyl (C=O) groups is 1. The summed E-state index contributed by atoms with van der Waals surface area (Å²) in [6.45, 7) is 2.46. The smallest absolute Gasteiger partial charge is 0.257 e. The Balaban J connectivity index is 2.09. The van der Waals surface area contributed by atoms with Gasteiger partial charge in [0.2, 0.25) is 0 Å². The van der Waals surface area contributed by atoms with Crippen LogP contribution >= 0.6 is 11.6 Å². The molecule has 4 heteroatoms. The fourth-order valence-electron chi connectivity index (χ4n) is 1.96. The maximum atomic E-state index is 12.2. The number of amides is 1. The highest BCUT2D eigenvalue weighted by molar-refractivity contribution is 6.18. The lowest BCUT2D eigenvalue weighted by atomic mass is 9.91. The first kappa shape index (κ1) is 11.5. The minimum absolute atomic E-state index is 0.0437. The number of aryl methyl sites for hydroxylation is 1. The number of hydrogen-bond acceptors (Lipinski definition) is 2. The summed E-state index contributed by atoms with van der Waals surface area (Å²) >= 11 is 5.74. The van der Waals surface area contributed by atoms with Crippen molar-refractivity contribution in [3.8, 4) is 0 Å². The molecule has 0 unspecified atom stereocenters. The summed E-state index contributed by atoms with van der Waals surface area (Å²) in [7, 11) is 0. The van der Waals surface area contributed by atoms with Gasteiger partial charge in [0.15, 0.2) is 0 Å². The van der Waals surface area contributed by atoms with E-state index in [-0.39, 0.29) is 5.91 Å². The number of alkyl halides is 1. The van der Waals surface area contributed by atoms with Crippen LogP contribution in [0.3, 0.4) is 0 Å². The van der Waals surface area contributed by atoms with Crippen LogP contribution in [0.2, 0.25) is 0 Å². The van der Waals surface area contributed by atoms with Crippen LogP contribution in [-0.4, -0.2) is 29.3 Å². The highest BCUT2D eigenvalue weighted by Crippen LogP contribution is 2.26. The Kier molecular flexibility index (Phi) is 3.54. The number of halogens is 1. The monoisotopic (exact) mass is 241 g/mol. The molecule has 0 radical (unpaired) electrons. The standard InChI is InChI=1S/C12H16ClNO2/c1-9-7-10(8-16-9)12(15)14(6-5-13)11-3-2-4-11/h7-8,11H,2-6H2,1H3. The van der Waals surface area contributed by atoms with Crippen molar-refractivity contribution in [3.05, 3.63) is 23.7 Å². The van der Waals surface area contributed by atoms with Crippen molar-refractivity contribution in [2.24, 2.45) is 0 Å². The quantitative estimate of drug-likeness (QED) is 0.760. The highest BCUT2D eigenvalue weighted by atomic mass is 35.5. The molecule has 0 atom stereocenters. The van der Waals surface area contributed by atoms with Crippen LogP contribution in [0.1, 0.15) is 35.4 Å². The van der Waals surface area contributed by atoms with E-state index in [2.05, 4.69) is 0 Å². The van der Waals surface area contributed by atoms with Crippen LogP contribution in [0.15, 0.2) is 16.7 Å². The molecule has 0 aliphatic heterocycles. The lowest BCUT2D eigenvalue weighted by Crippen LogP contribution is -2.45. The van der Waals surface area contributed by atoms with Gasteiger partial charge in [0.05, 0.1) is 5.56 Å². The molecule has 2 rings (SSSR count). The summed E-state index contributed by atoms with van der Waals surface area (Å²) in [4.78, 5) is 14.1. The van der Waals surface area contributed by atoms with Crippen LogP contribution in [0.25, 0.3) is 0 Å². The predicted octanol–water partition coefficient (Wildman–Crippen LogP) is 2.82. The summed E-state index contributed by atoms with van der Waals surface area (Å²) in [5.41, 5.74) is 0.634. The summed E-state index contributed by atoms with van der Waals surface area (Å²) < 4.78 is 5.16. The molecule has 1 aliphatic carbocycles. The SMILES string of the molecule is Cc1cc(C(=O)N(CCCl)C2CCC2)co1. The molecule has 0 bridgehead atoms. The van der Waals surface area contributed by atoms with Crippen LogP contribution in [-0.2, 0) is 0 Å². The van der Waals surface area contributed by atoms with E-state index < -0.39 is 0 Å². The second kappa shape index (κ2) is 4.91. The van der Waals surface area contributed by atoms with E-state index in [4.69, 9.17) is 16.0 Å². The fraction of sp³-hybridized carbons (Fsp3) is 0.583. The van der Waals surface area contributed by atoms with Gasteiger partial charge in [-0.25, -0.2) is 0 Å². The van der Waals surface area contributed by atoms with E-state index in [0.717, 1.165) is 18.6 Å². The average Bonchev–Trinajstić information content (AvgIpc) is 2.60. The molecule has 0 aromatic carbocycles. The average molecular weight is 242 g/mol. The van der Waals surface area contributed by atoms with Gasteiger partial charge >= 0.3 is 0 Å². The molecule has 1 amide bonds. The van der Waals surface area contributed by atoms with Gasteiger partial charge in [-0.3, -0.25) is 4.79 Å². The van der Waals surface area contributed by atoms with Gasteiger partial charge in [-0.1, -0.05) is 0 Å². The maximum Gasteiger partial charge on any atom is 0.257 e. The first-order valence-electron chi connectivity index (χ1n) is 5.64. The van der Waals surface area contributed by atoms with Crippen molar-refractivity contribution < 1.29 is 9.21 Å². The summed E-state index contributed by atoms with van der Waals surface area (Å²) in [5, 5.41) is 0. The van der Waals surface area contributed by atoms with Crippen molar-refractivity contribution in [3.63, 3.8) is 0 Å². The van der Waals surface area contributed by atoms with E-state index in [0.29, 0.717) is 24.0 Å². The Morgan fingerprint density at radius 3 is 2.81 bits per heavy atom. The third-order valence-corrected chi connectivity index (χ3v) is 3.25. The number of hydrogen-bond donors (Lipinski definition) is 0. The minimum atomic E-state index is 0.0437. The van der Waals surface area contributed by atoms with E-state index in [9.17, 15) is 4.79 Å². The van der Waals surface area contributed by atoms with Crippen molar-refractivity contribution >= 4 is 17.5 Å². The van der Waals surface area contributed by atoms with Gasteiger partial charge < -0.3 is 9.32 Å². The number of rotatable bonds is 4. The second-order valence-corrected chi connectivity index (χ2v) is 4.60. The first-order valence-corrected chi connectivity index (χ1v) is 6.18. The Bertz CT molecular complexity index is 371. The van der Waals surface area contributed by atoms with Crippen LogP contribution in [0, 0.1) is 6.92 Å². The molecule has 1 heterocycles. The van der Waals surface area contributed by atoms with Crippen molar-refractivity contribution in [1.29, 1.82) is 0 Å². The second-order valence-electron chi connectivity index (χ2n) is 4.22. The van der Waals surface area contributed by atoms with Gasteiger partial charge in [-0.05, 0) is 32.3 Å². The highest BCUT2D eigenvalue weighted by Gasteiger charge is 2.29. The molecule has 0 N–H and O–H groups in total. The Hall–Kier alpha value is -0.960. The van der Waals surface area contributed by atoms with Crippen LogP contribution in [0.4, 0.5) is 0 Å². The zero-order valence-corrected chi connectivity index (χ0v) is 10.2. The third-order valence-electron chi connectivity index (χ3n) is 3.08. The van der Waals surface area contributed by atoms with Gasteiger partial charge in [-0.15, -0.1) is 11.6 Å². The van der Waals surface area contributed by atoms with Gasteiger partial charge in [0, 0.05) is 18.5 Å². The van der Waals surface area contributed by atoms with Crippen LogP contribution in [0.5, 0.6) is 0 Å². The zero-order chi connectivity index (χ0) is 11.5. The molecule has 1 aromatic rings. The van der Waals surface area contributed by atoms with Crippen LogP contribution < -0.4 is 0 Å². The Morgan fingerprint density at radius 2 is 2.38 bits per heavy atom. The number of furan rings is 1. The predicted molar refractivity (Wildman–Crippen MR) is 62.8 cm³/mol. The van der Waals surface area contributed by atoms with E-state index in [1.54, 1.807) is 6.07 Å². The summed E-state index contributed by atoms with van der Waals surface area (Å²) in [6, 6.07) is 2.16. The number of carbonyl (C=O) groups excluding carboxylic acids is 1. The first-order chi connectivity index (χ1) is 7.72.